The molecule has 0 atom stereocenters. The largest absolute Gasteiger partial charge is 0.410 e. The number of Topliss-reactive ketones (excluding diaryl/α,β-unsaturated/α-hetero) is 1. The predicted octanol–water partition coefficient (Wildman–Crippen LogP) is 4.76. The van der Waals surface area contributed by atoms with Crippen LogP contribution < -0.4 is 0 Å². The molecular weight excluding hydrogens is 372 g/mol. The number of ketones is 1. The molecule has 3 aromatic heterocycles. The maximum atomic E-state index is 12.8. The van der Waals surface area contributed by atoms with E-state index >= 15 is 0 Å². The molecule has 0 spiro atoms. The molecule has 28 heavy (non-hydrogen) atoms. The Bertz CT molecular complexity index is 1130. The molecule has 1 aromatic carbocycles. The lowest BCUT2D eigenvalue weighted by Crippen LogP contribution is -2.05. The number of carbonyl (C=O) groups excluding carboxylic acids is 1. The number of nitrogens with zero attached hydrogens (tertiary/aromatic N) is 3. The van der Waals surface area contributed by atoms with E-state index in [2.05, 4.69) is 44.9 Å². The summed E-state index contributed by atoms with van der Waals surface area (Å²) in [7, 11) is 0. The molecule has 4 rings (SSSR count). The smallest absolute Gasteiger partial charge is 0.277 e. The van der Waals surface area contributed by atoms with E-state index in [-0.39, 0.29) is 11.5 Å². The fourth-order valence-corrected chi connectivity index (χ4v) is 3.90. The average Bonchev–Trinajstić information content (AvgIpc) is 3.40. The van der Waals surface area contributed by atoms with Gasteiger partial charge in [0.25, 0.3) is 11.1 Å². The Morgan fingerprint density at radius 2 is 2.00 bits per heavy atom. The first-order chi connectivity index (χ1) is 13.5. The third-order valence-corrected chi connectivity index (χ3v) is 5.37. The molecule has 0 saturated carbocycles. The van der Waals surface area contributed by atoms with Crippen LogP contribution in [0, 0.1) is 20.8 Å². The second-order valence-corrected chi connectivity index (χ2v) is 7.55. The second-order valence-electron chi connectivity index (χ2n) is 6.63. The lowest BCUT2D eigenvalue weighted by atomic mass is 10.2. The van der Waals surface area contributed by atoms with Crippen molar-refractivity contribution in [1.29, 1.82) is 0 Å². The summed E-state index contributed by atoms with van der Waals surface area (Å²) in [5, 5.41) is 8.40. The van der Waals surface area contributed by atoms with E-state index in [1.165, 1.54) is 17.3 Å². The number of aromatic amines is 1. The quantitative estimate of drug-likeness (QED) is 0.378. The van der Waals surface area contributed by atoms with E-state index in [0.29, 0.717) is 11.1 Å². The lowest BCUT2D eigenvalue weighted by molar-refractivity contribution is 0.102. The van der Waals surface area contributed by atoms with Crippen molar-refractivity contribution in [3.8, 4) is 17.3 Å². The summed E-state index contributed by atoms with van der Waals surface area (Å²) >= 11 is 1.25. The first kappa shape index (κ1) is 18.3. The molecule has 0 aliphatic rings. The molecule has 3 heterocycles. The van der Waals surface area contributed by atoms with Crippen LogP contribution in [0.2, 0.25) is 0 Å². The van der Waals surface area contributed by atoms with Crippen LogP contribution >= 0.6 is 11.8 Å². The van der Waals surface area contributed by atoms with Crippen molar-refractivity contribution in [3.05, 3.63) is 71.2 Å². The number of aryl methyl sites for hydroxylation is 2. The summed E-state index contributed by atoms with van der Waals surface area (Å²) in [4.78, 5) is 15.8. The molecule has 4 aromatic rings. The molecule has 0 bridgehead atoms. The summed E-state index contributed by atoms with van der Waals surface area (Å²) in [6, 6.07) is 13.9. The van der Waals surface area contributed by atoms with Gasteiger partial charge in [0.2, 0.25) is 0 Å². The normalized spacial score (nSPS) is 11.1. The third kappa shape index (κ3) is 3.53. The van der Waals surface area contributed by atoms with Gasteiger partial charge in [-0.3, -0.25) is 4.79 Å². The van der Waals surface area contributed by atoms with Gasteiger partial charge < -0.3 is 14.0 Å². The number of hydrogen-bond acceptors (Lipinski definition) is 5. The molecular formula is C21H20N4O2S. The number of thioether (sulfide) groups is 1. The first-order valence-electron chi connectivity index (χ1n) is 8.92. The van der Waals surface area contributed by atoms with Gasteiger partial charge in [0.1, 0.15) is 5.69 Å². The minimum absolute atomic E-state index is 0.0385. The lowest BCUT2D eigenvalue weighted by Gasteiger charge is -2.10. The Labute approximate surface area is 167 Å². The summed E-state index contributed by atoms with van der Waals surface area (Å²) in [6.07, 6.45) is 1.79. The zero-order chi connectivity index (χ0) is 19.7. The minimum Gasteiger partial charge on any atom is -0.410 e. The van der Waals surface area contributed by atoms with E-state index in [9.17, 15) is 4.79 Å². The highest BCUT2D eigenvalue weighted by atomic mass is 32.2. The van der Waals surface area contributed by atoms with E-state index in [1.54, 1.807) is 6.20 Å². The van der Waals surface area contributed by atoms with Crippen LogP contribution in [0.15, 0.2) is 58.3 Å². The van der Waals surface area contributed by atoms with Crippen molar-refractivity contribution in [2.45, 2.75) is 26.0 Å². The highest BCUT2D eigenvalue weighted by Gasteiger charge is 2.18. The van der Waals surface area contributed by atoms with E-state index in [0.717, 1.165) is 28.3 Å². The van der Waals surface area contributed by atoms with Crippen molar-refractivity contribution in [2.75, 3.05) is 5.75 Å². The molecule has 0 amide bonds. The second kappa shape index (κ2) is 7.52. The molecule has 0 aliphatic carbocycles. The summed E-state index contributed by atoms with van der Waals surface area (Å²) in [5.41, 5.74) is 5.69. The van der Waals surface area contributed by atoms with Crippen LogP contribution in [0.5, 0.6) is 0 Å². The van der Waals surface area contributed by atoms with Crippen molar-refractivity contribution in [3.63, 3.8) is 0 Å². The summed E-state index contributed by atoms with van der Waals surface area (Å²) in [5.74, 6) is 0.694. The Kier molecular flexibility index (Phi) is 4.92. The van der Waals surface area contributed by atoms with Gasteiger partial charge in [0, 0.05) is 28.8 Å². The molecule has 0 unspecified atom stereocenters. The van der Waals surface area contributed by atoms with Gasteiger partial charge >= 0.3 is 0 Å². The van der Waals surface area contributed by atoms with E-state index < -0.39 is 0 Å². The van der Waals surface area contributed by atoms with Gasteiger partial charge in [-0.15, -0.1) is 10.2 Å². The van der Waals surface area contributed by atoms with E-state index in [1.807, 2.05) is 38.1 Å². The van der Waals surface area contributed by atoms with Gasteiger partial charge in [0.15, 0.2) is 5.78 Å². The predicted molar refractivity (Wildman–Crippen MR) is 109 cm³/mol. The highest BCUT2D eigenvalue weighted by Crippen LogP contribution is 2.26. The van der Waals surface area contributed by atoms with Gasteiger partial charge in [-0.05, 0) is 56.7 Å². The average molecular weight is 392 g/mol. The molecule has 7 heteroatoms. The molecule has 1 N–H and O–H groups in total. The van der Waals surface area contributed by atoms with Gasteiger partial charge in [-0.25, -0.2) is 0 Å². The first-order valence-corrected chi connectivity index (χ1v) is 9.91. The van der Waals surface area contributed by atoms with Gasteiger partial charge in [-0.2, -0.15) is 0 Å². The fourth-order valence-electron chi connectivity index (χ4n) is 3.25. The Morgan fingerprint density at radius 3 is 2.75 bits per heavy atom. The molecule has 0 aliphatic heterocycles. The number of nitrogens with one attached hydrogen (secondary N) is 1. The molecule has 142 valence electrons. The van der Waals surface area contributed by atoms with Crippen LogP contribution in [0.3, 0.4) is 0 Å². The van der Waals surface area contributed by atoms with Crippen molar-refractivity contribution < 1.29 is 9.21 Å². The summed E-state index contributed by atoms with van der Waals surface area (Å²) in [6.45, 7) is 6.05. The maximum Gasteiger partial charge on any atom is 0.277 e. The molecule has 0 radical (unpaired) electrons. The fraction of sp³-hybridized carbons (Fsp3) is 0.190. The number of rotatable bonds is 6. The van der Waals surface area contributed by atoms with Crippen LogP contribution in [0.1, 0.15) is 27.3 Å². The summed E-state index contributed by atoms with van der Waals surface area (Å²) < 4.78 is 7.72. The van der Waals surface area contributed by atoms with Crippen LogP contribution in [-0.4, -0.2) is 31.3 Å². The third-order valence-electron chi connectivity index (χ3n) is 4.55. The highest BCUT2D eigenvalue weighted by molar-refractivity contribution is 7.99. The maximum absolute atomic E-state index is 12.8. The molecule has 6 nitrogen and oxygen atoms in total. The SMILES string of the molecule is Cc1cccc(-n2c(C)cc(C(=O)CSc3nnc(-c4ccc[nH]4)o3)c2C)c1. The van der Waals surface area contributed by atoms with Crippen molar-refractivity contribution >= 4 is 17.5 Å². The van der Waals surface area contributed by atoms with E-state index in [4.69, 9.17) is 4.42 Å². The van der Waals surface area contributed by atoms with Gasteiger partial charge in [0.05, 0.1) is 5.75 Å². The van der Waals surface area contributed by atoms with Crippen molar-refractivity contribution in [1.82, 2.24) is 19.7 Å². The number of H-pyrrole nitrogens is 1. The van der Waals surface area contributed by atoms with Crippen LogP contribution in [0.25, 0.3) is 17.3 Å². The monoisotopic (exact) mass is 392 g/mol. The molecule has 0 saturated heterocycles. The standard InChI is InChI=1S/C21H20N4O2S/c1-13-6-4-7-16(10-13)25-14(2)11-17(15(25)3)19(26)12-28-21-24-23-20(27-21)18-8-5-9-22-18/h4-11,22H,12H2,1-3H3. The zero-order valence-corrected chi connectivity index (χ0v) is 16.7. The number of benzene rings is 1. The molecule has 0 fully saturated rings. The Morgan fingerprint density at radius 1 is 1.14 bits per heavy atom. The minimum atomic E-state index is 0.0385. The Balaban J connectivity index is 1.51. The topological polar surface area (TPSA) is 76.7 Å². The van der Waals surface area contributed by atoms with Crippen LogP contribution in [-0.2, 0) is 0 Å². The van der Waals surface area contributed by atoms with Crippen molar-refractivity contribution in [2.24, 2.45) is 0 Å². The zero-order valence-electron chi connectivity index (χ0n) is 15.9. The number of aromatic nitrogens is 4. The van der Waals surface area contributed by atoms with Gasteiger partial charge in [-0.1, -0.05) is 23.9 Å². The number of carbonyl (C=O) groups is 1. The number of hydrogen-bond donors (Lipinski definition) is 1. The Hall–Kier alpha value is -3.06. The van der Waals surface area contributed by atoms with Crippen LogP contribution in [0.4, 0.5) is 0 Å².